The molecule has 6 nitrogen and oxygen atoms in total. The fraction of sp³-hybridized carbons (Fsp3) is 0.400. The molecule has 2 aromatic rings. The van der Waals surface area contributed by atoms with Crippen molar-refractivity contribution in [3.8, 4) is 0 Å². The van der Waals surface area contributed by atoms with Crippen molar-refractivity contribution in [2.24, 2.45) is 5.92 Å². The number of amides is 2. The number of carbonyl (C=O) groups excluding carboxylic acids is 2. The summed E-state index contributed by atoms with van der Waals surface area (Å²) in [7, 11) is 0. The van der Waals surface area contributed by atoms with E-state index in [1.807, 2.05) is 32.0 Å². The van der Waals surface area contributed by atoms with Gasteiger partial charge in [0, 0.05) is 25.2 Å². The van der Waals surface area contributed by atoms with Gasteiger partial charge in [0.25, 0.3) is 0 Å². The number of rotatable bonds is 6. The molecule has 0 aliphatic carbocycles. The summed E-state index contributed by atoms with van der Waals surface area (Å²) in [5, 5.41) is 12.8. The first-order chi connectivity index (χ1) is 12.5. The van der Waals surface area contributed by atoms with Crippen LogP contribution >= 0.6 is 0 Å². The number of furan rings is 1. The van der Waals surface area contributed by atoms with Gasteiger partial charge in [0.2, 0.25) is 11.8 Å². The van der Waals surface area contributed by atoms with E-state index < -0.39 is 6.10 Å². The molecule has 1 aliphatic heterocycles. The molecule has 1 aromatic heterocycles. The minimum atomic E-state index is -0.748. The standard InChI is InChI=1S/C20H24N2O4/c1-13-5-6-16(10-14(13)2)22-12-15(11-19(22)24)20(25)21-8-7-17(23)18-4-3-9-26-18/h3-6,9-10,15,17,23H,7-8,11-12H2,1-2H3,(H,21,25)/t15-,17+/m0/s1. The number of hydrogen-bond donors (Lipinski definition) is 2. The van der Waals surface area contributed by atoms with Crippen molar-refractivity contribution in [1.82, 2.24) is 5.32 Å². The van der Waals surface area contributed by atoms with E-state index in [-0.39, 0.29) is 24.2 Å². The Morgan fingerprint density at radius 2 is 2.15 bits per heavy atom. The summed E-state index contributed by atoms with van der Waals surface area (Å²) in [6.45, 7) is 4.75. The Morgan fingerprint density at radius 1 is 1.35 bits per heavy atom. The average Bonchev–Trinajstić information content (AvgIpc) is 3.27. The van der Waals surface area contributed by atoms with E-state index in [9.17, 15) is 14.7 Å². The van der Waals surface area contributed by atoms with Crippen molar-refractivity contribution >= 4 is 17.5 Å². The summed E-state index contributed by atoms with van der Waals surface area (Å²) in [5.41, 5.74) is 3.13. The molecule has 1 fully saturated rings. The number of anilines is 1. The van der Waals surface area contributed by atoms with Gasteiger partial charge in [0.15, 0.2) is 0 Å². The van der Waals surface area contributed by atoms with Crippen molar-refractivity contribution in [2.45, 2.75) is 32.8 Å². The minimum Gasteiger partial charge on any atom is -0.467 e. The van der Waals surface area contributed by atoms with Crippen LogP contribution in [0.5, 0.6) is 0 Å². The van der Waals surface area contributed by atoms with E-state index in [4.69, 9.17) is 4.42 Å². The highest BCUT2D eigenvalue weighted by Gasteiger charge is 2.35. The number of nitrogens with one attached hydrogen (secondary N) is 1. The lowest BCUT2D eigenvalue weighted by Crippen LogP contribution is -2.34. The van der Waals surface area contributed by atoms with Crippen LogP contribution in [-0.4, -0.2) is 30.0 Å². The first-order valence-electron chi connectivity index (χ1n) is 8.82. The lowest BCUT2D eigenvalue weighted by Gasteiger charge is -2.18. The summed E-state index contributed by atoms with van der Waals surface area (Å²) in [6, 6.07) is 9.29. The zero-order chi connectivity index (χ0) is 18.7. The second-order valence-electron chi connectivity index (χ2n) is 6.78. The van der Waals surface area contributed by atoms with Crippen LogP contribution in [0, 0.1) is 19.8 Å². The summed E-state index contributed by atoms with van der Waals surface area (Å²) in [6.07, 6.45) is 1.32. The number of aryl methyl sites for hydroxylation is 2. The van der Waals surface area contributed by atoms with E-state index in [1.54, 1.807) is 17.0 Å². The zero-order valence-electron chi connectivity index (χ0n) is 15.1. The maximum Gasteiger partial charge on any atom is 0.227 e. The Hall–Kier alpha value is -2.60. The normalized spacial score (nSPS) is 18.2. The molecule has 1 aliphatic rings. The maximum atomic E-state index is 12.4. The van der Waals surface area contributed by atoms with Gasteiger partial charge in [-0.25, -0.2) is 0 Å². The molecule has 138 valence electrons. The SMILES string of the molecule is Cc1ccc(N2C[C@@H](C(=O)NCC[C@@H](O)c3ccco3)CC2=O)cc1C. The van der Waals surface area contributed by atoms with Crippen molar-refractivity contribution in [3.63, 3.8) is 0 Å². The van der Waals surface area contributed by atoms with Crippen LogP contribution in [0.15, 0.2) is 41.0 Å². The van der Waals surface area contributed by atoms with E-state index in [0.717, 1.165) is 11.3 Å². The highest BCUT2D eigenvalue weighted by atomic mass is 16.4. The third-order valence-electron chi connectivity index (χ3n) is 4.89. The molecule has 0 spiro atoms. The van der Waals surface area contributed by atoms with Crippen molar-refractivity contribution in [1.29, 1.82) is 0 Å². The van der Waals surface area contributed by atoms with Crippen molar-refractivity contribution in [2.75, 3.05) is 18.0 Å². The van der Waals surface area contributed by atoms with Gasteiger partial charge in [-0.05, 0) is 55.7 Å². The molecular weight excluding hydrogens is 332 g/mol. The average molecular weight is 356 g/mol. The molecule has 6 heteroatoms. The van der Waals surface area contributed by atoms with Crippen LogP contribution < -0.4 is 10.2 Å². The van der Waals surface area contributed by atoms with Crippen LogP contribution in [0.4, 0.5) is 5.69 Å². The molecule has 1 aromatic carbocycles. The molecule has 2 heterocycles. The van der Waals surface area contributed by atoms with E-state index in [1.165, 1.54) is 11.8 Å². The number of benzene rings is 1. The number of aliphatic hydroxyl groups excluding tert-OH is 1. The molecule has 26 heavy (non-hydrogen) atoms. The summed E-state index contributed by atoms with van der Waals surface area (Å²) < 4.78 is 5.13. The van der Waals surface area contributed by atoms with E-state index >= 15 is 0 Å². The summed E-state index contributed by atoms with van der Waals surface area (Å²) >= 11 is 0. The quantitative estimate of drug-likeness (QED) is 0.833. The number of carbonyl (C=O) groups is 2. The smallest absolute Gasteiger partial charge is 0.227 e. The second-order valence-corrected chi connectivity index (χ2v) is 6.78. The highest BCUT2D eigenvalue weighted by Crippen LogP contribution is 2.27. The van der Waals surface area contributed by atoms with Crippen LogP contribution in [0.25, 0.3) is 0 Å². The Labute approximate surface area is 152 Å². The molecule has 0 saturated carbocycles. The van der Waals surface area contributed by atoms with E-state index in [2.05, 4.69) is 5.32 Å². The molecule has 0 radical (unpaired) electrons. The van der Waals surface area contributed by atoms with Crippen LogP contribution in [0.1, 0.15) is 35.8 Å². The molecule has 3 rings (SSSR count). The largest absolute Gasteiger partial charge is 0.467 e. The van der Waals surface area contributed by atoms with Crippen molar-refractivity contribution in [3.05, 3.63) is 53.5 Å². The molecule has 2 amide bonds. The number of nitrogens with zero attached hydrogens (tertiary/aromatic N) is 1. The maximum absolute atomic E-state index is 12.4. The Morgan fingerprint density at radius 3 is 2.85 bits per heavy atom. The monoisotopic (exact) mass is 356 g/mol. The molecular formula is C20H24N2O4. The summed E-state index contributed by atoms with van der Waals surface area (Å²) in [5.74, 6) is -0.0820. The van der Waals surface area contributed by atoms with Gasteiger partial charge < -0.3 is 19.7 Å². The second kappa shape index (κ2) is 7.74. The van der Waals surface area contributed by atoms with Crippen LogP contribution in [0.2, 0.25) is 0 Å². The van der Waals surface area contributed by atoms with Crippen LogP contribution in [-0.2, 0) is 9.59 Å². The Balaban J connectivity index is 1.52. The van der Waals surface area contributed by atoms with Crippen LogP contribution in [0.3, 0.4) is 0 Å². The first kappa shape index (κ1) is 18.2. The van der Waals surface area contributed by atoms with Gasteiger partial charge in [-0.15, -0.1) is 0 Å². The first-order valence-corrected chi connectivity index (χ1v) is 8.82. The lowest BCUT2D eigenvalue weighted by molar-refractivity contribution is -0.126. The highest BCUT2D eigenvalue weighted by molar-refractivity contribution is 6.00. The zero-order valence-corrected chi connectivity index (χ0v) is 15.1. The molecule has 2 atom stereocenters. The fourth-order valence-electron chi connectivity index (χ4n) is 3.13. The molecule has 0 unspecified atom stereocenters. The third-order valence-corrected chi connectivity index (χ3v) is 4.89. The van der Waals surface area contributed by atoms with Gasteiger partial charge in [-0.1, -0.05) is 6.07 Å². The predicted molar refractivity (Wildman–Crippen MR) is 97.7 cm³/mol. The molecule has 1 saturated heterocycles. The fourth-order valence-corrected chi connectivity index (χ4v) is 3.13. The Kier molecular flexibility index (Phi) is 5.42. The Bertz CT molecular complexity index is 785. The number of aliphatic hydroxyl groups is 1. The van der Waals surface area contributed by atoms with Gasteiger partial charge >= 0.3 is 0 Å². The van der Waals surface area contributed by atoms with Gasteiger partial charge in [-0.2, -0.15) is 0 Å². The lowest BCUT2D eigenvalue weighted by atomic mass is 10.1. The van der Waals surface area contributed by atoms with Gasteiger partial charge in [-0.3, -0.25) is 9.59 Å². The molecule has 2 N–H and O–H groups in total. The number of hydrogen-bond acceptors (Lipinski definition) is 4. The van der Waals surface area contributed by atoms with E-state index in [0.29, 0.717) is 25.3 Å². The molecule has 0 bridgehead atoms. The predicted octanol–water partition coefficient (Wildman–Crippen LogP) is 2.49. The minimum absolute atomic E-state index is 0.0379. The van der Waals surface area contributed by atoms with Gasteiger partial charge in [0.1, 0.15) is 11.9 Å². The van der Waals surface area contributed by atoms with Crippen molar-refractivity contribution < 1.29 is 19.1 Å². The topological polar surface area (TPSA) is 82.8 Å². The van der Waals surface area contributed by atoms with Gasteiger partial charge in [0.05, 0.1) is 12.2 Å². The third kappa shape index (κ3) is 3.96. The summed E-state index contributed by atoms with van der Waals surface area (Å²) in [4.78, 5) is 26.4.